The maximum atomic E-state index is 12.8. The molecule has 1 fully saturated rings. The summed E-state index contributed by atoms with van der Waals surface area (Å²) in [6.07, 6.45) is 0. The van der Waals surface area contributed by atoms with Crippen molar-refractivity contribution in [1.29, 1.82) is 0 Å². The molecule has 1 saturated heterocycles. The summed E-state index contributed by atoms with van der Waals surface area (Å²) in [5, 5.41) is 3.47. The van der Waals surface area contributed by atoms with Crippen molar-refractivity contribution < 1.29 is 17.9 Å². The normalized spacial score (nSPS) is 17.3. The molecule has 0 saturated carbocycles. The molecule has 1 unspecified atom stereocenters. The first kappa shape index (κ1) is 23.9. The van der Waals surface area contributed by atoms with Gasteiger partial charge >= 0.3 is 0 Å². The van der Waals surface area contributed by atoms with Crippen molar-refractivity contribution in [2.45, 2.75) is 33.7 Å². The van der Waals surface area contributed by atoms with Crippen molar-refractivity contribution in [3.8, 4) is 5.75 Å². The van der Waals surface area contributed by atoms with Gasteiger partial charge in [0.1, 0.15) is 5.75 Å². The molecule has 1 aromatic carbocycles. The summed E-state index contributed by atoms with van der Waals surface area (Å²) in [6.45, 7) is 9.93. The van der Waals surface area contributed by atoms with Gasteiger partial charge in [0.05, 0.1) is 18.8 Å². The standard InChI is InChI=1S/C19H31ClN4O4S/c1-6-23(7-2)29(26,27)24-10-8-22(9-11-24)15(4)19(25)21-17-12-14(3)16(20)13-18(17)28-5/h12-13,15H,6-11H2,1-5H3,(H,21,25). The average molecular weight is 447 g/mol. The number of nitrogens with one attached hydrogen (secondary N) is 1. The van der Waals surface area contributed by atoms with E-state index >= 15 is 0 Å². The Morgan fingerprint density at radius 1 is 1.24 bits per heavy atom. The Hall–Kier alpha value is -1.39. The lowest BCUT2D eigenvalue weighted by Crippen LogP contribution is -2.56. The number of hydrogen-bond acceptors (Lipinski definition) is 5. The lowest BCUT2D eigenvalue weighted by molar-refractivity contribution is -0.121. The van der Waals surface area contributed by atoms with Crippen LogP contribution in [0.1, 0.15) is 26.3 Å². The summed E-state index contributed by atoms with van der Waals surface area (Å²) in [5.41, 5.74) is 1.40. The van der Waals surface area contributed by atoms with Crippen LogP contribution in [0.3, 0.4) is 0 Å². The first-order chi connectivity index (χ1) is 13.6. The Morgan fingerprint density at radius 2 is 1.83 bits per heavy atom. The summed E-state index contributed by atoms with van der Waals surface area (Å²) < 4.78 is 33.6. The molecule has 1 atom stereocenters. The maximum absolute atomic E-state index is 12.8. The molecule has 2 rings (SSSR count). The number of nitrogens with zero attached hydrogens (tertiary/aromatic N) is 3. The zero-order valence-electron chi connectivity index (χ0n) is 17.7. The molecule has 1 N–H and O–H groups in total. The molecule has 8 nitrogen and oxygen atoms in total. The molecule has 0 spiro atoms. The third-order valence-corrected chi connectivity index (χ3v) is 7.89. The monoisotopic (exact) mass is 446 g/mol. The molecule has 0 aliphatic carbocycles. The fourth-order valence-electron chi connectivity index (χ4n) is 3.37. The topological polar surface area (TPSA) is 82.2 Å². The SMILES string of the molecule is CCN(CC)S(=O)(=O)N1CCN(C(C)C(=O)Nc2cc(C)c(Cl)cc2OC)CC1. The predicted molar refractivity (Wildman–Crippen MR) is 116 cm³/mol. The Bertz CT molecular complexity index is 822. The zero-order valence-corrected chi connectivity index (χ0v) is 19.3. The number of carbonyl (C=O) groups is 1. The zero-order chi connectivity index (χ0) is 21.8. The summed E-state index contributed by atoms with van der Waals surface area (Å²) in [5.74, 6) is 0.321. The third kappa shape index (κ3) is 5.40. The Kier molecular flexibility index (Phi) is 8.30. The first-order valence-corrected chi connectivity index (χ1v) is 11.6. The lowest BCUT2D eigenvalue weighted by atomic mass is 10.1. The molecule has 29 heavy (non-hydrogen) atoms. The van der Waals surface area contributed by atoms with Crippen molar-refractivity contribution in [1.82, 2.24) is 13.5 Å². The predicted octanol–water partition coefficient (Wildman–Crippen LogP) is 2.19. The van der Waals surface area contributed by atoms with E-state index in [2.05, 4.69) is 5.32 Å². The van der Waals surface area contributed by atoms with Crippen LogP contribution in [0.4, 0.5) is 5.69 Å². The molecule has 10 heteroatoms. The van der Waals surface area contributed by atoms with E-state index < -0.39 is 16.3 Å². The van der Waals surface area contributed by atoms with Crippen LogP contribution in [0.2, 0.25) is 5.02 Å². The number of carbonyl (C=O) groups excluding carboxylic acids is 1. The van der Waals surface area contributed by atoms with Gasteiger partial charge in [-0.2, -0.15) is 17.0 Å². The average Bonchev–Trinajstić information content (AvgIpc) is 2.70. The highest BCUT2D eigenvalue weighted by atomic mass is 35.5. The largest absolute Gasteiger partial charge is 0.495 e. The number of hydrogen-bond donors (Lipinski definition) is 1. The number of piperazine rings is 1. The Labute approximate surface area is 178 Å². The number of halogens is 1. The van der Waals surface area contributed by atoms with Gasteiger partial charge in [-0.25, -0.2) is 0 Å². The second-order valence-electron chi connectivity index (χ2n) is 6.99. The Morgan fingerprint density at radius 3 is 2.34 bits per heavy atom. The van der Waals surface area contributed by atoms with Crippen LogP contribution in [0.5, 0.6) is 5.75 Å². The molecule has 1 aliphatic rings. The van der Waals surface area contributed by atoms with E-state index in [-0.39, 0.29) is 5.91 Å². The van der Waals surface area contributed by atoms with Crippen LogP contribution in [-0.2, 0) is 15.0 Å². The van der Waals surface area contributed by atoms with Crippen LogP contribution in [0, 0.1) is 6.92 Å². The second kappa shape index (κ2) is 10.1. The van der Waals surface area contributed by atoms with E-state index in [4.69, 9.17) is 16.3 Å². The molecule has 164 valence electrons. The summed E-state index contributed by atoms with van der Waals surface area (Å²) >= 11 is 6.12. The summed E-state index contributed by atoms with van der Waals surface area (Å²) in [7, 11) is -1.93. The van der Waals surface area contributed by atoms with Crippen LogP contribution < -0.4 is 10.1 Å². The molecule has 1 heterocycles. The van der Waals surface area contributed by atoms with E-state index in [1.54, 1.807) is 12.1 Å². The van der Waals surface area contributed by atoms with Crippen LogP contribution in [0.25, 0.3) is 0 Å². The number of ether oxygens (including phenoxy) is 1. The van der Waals surface area contributed by atoms with E-state index in [1.807, 2.05) is 32.6 Å². The van der Waals surface area contributed by atoms with Crippen LogP contribution in [-0.4, -0.2) is 80.3 Å². The van der Waals surface area contributed by atoms with Gasteiger partial charge in [-0.15, -0.1) is 0 Å². The van der Waals surface area contributed by atoms with Crippen molar-refractivity contribution in [3.05, 3.63) is 22.7 Å². The van der Waals surface area contributed by atoms with Crippen molar-refractivity contribution in [2.75, 3.05) is 51.7 Å². The highest BCUT2D eigenvalue weighted by molar-refractivity contribution is 7.86. The molecule has 1 aliphatic heterocycles. The minimum Gasteiger partial charge on any atom is -0.495 e. The minimum atomic E-state index is -3.45. The quantitative estimate of drug-likeness (QED) is 0.661. The second-order valence-corrected chi connectivity index (χ2v) is 9.33. The lowest BCUT2D eigenvalue weighted by Gasteiger charge is -2.38. The number of amides is 1. The fraction of sp³-hybridized carbons (Fsp3) is 0.632. The van der Waals surface area contributed by atoms with Crippen LogP contribution in [0.15, 0.2) is 12.1 Å². The van der Waals surface area contributed by atoms with Gasteiger partial charge in [0.15, 0.2) is 0 Å². The van der Waals surface area contributed by atoms with Gasteiger partial charge in [0.25, 0.3) is 10.2 Å². The maximum Gasteiger partial charge on any atom is 0.282 e. The van der Waals surface area contributed by atoms with Gasteiger partial charge in [-0.3, -0.25) is 9.69 Å². The highest BCUT2D eigenvalue weighted by Gasteiger charge is 2.33. The molecule has 0 aromatic heterocycles. The molecule has 0 bridgehead atoms. The first-order valence-electron chi connectivity index (χ1n) is 9.79. The van der Waals surface area contributed by atoms with E-state index in [0.717, 1.165) is 5.56 Å². The fourth-order valence-corrected chi connectivity index (χ4v) is 5.13. The molecule has 1 aromatic rings. The number of anilines is 1. The number of methoxy groups -OCH3 is 1. The number of rotatable bonds is 8. The summed E-state index contributed by atoms with van der Waals surface area (Å²) in [4.78, 5) is 14.8. The molecular formula is C19H31ClN4O4S. The van der Waals surface area contributed by atoms with Crippen LogP contribution >= 0.6 is 11.6 Å². The smallest absolute Gasteiger partial charge is 0.282 e. The van der Waals surface area contributed by atoms with Crippen molar-refractivity contribution in [3.63, 3.8) is 0 Å². The number of benzene rings is 1. The van der Waals surface area contributed by atoms with Gasteiger partial charge in [0, 0.05) is 50.4 Å². The highest BCUT2D eigenvalue weighted by Crippen LogP contribution is 2.31. The van der Waals surface area contributed by atoms with Gasteiger partial charge in [0.2, 0.25) is 5.91 Å². The van der Waals surface area contributed by atoms with Gasteiger partial charge in [-0.05, 0) is 25.5 Å². The molecular weight excluding hydrogens is 416 g/mol. The molecule has 1 amide bonds. The number of aryl methyl sites for hydroxylation is 1. The van der Waals surface area contributed by atoms with Gasteiger partial charge < -0.3 is 10.1 Å². The van der Waals surface area contributed by atoms with E-state index in [9.17, 15) is 13.2 Å². The van der Waals surface area contributed by atoms with E-state index in [0.29, 0.717) is 55.7 Å². The van der Waals surface area contributed by atoms with Crippen molar-refractivity contribution in [2.24, 2.45) is 0 Å². The van der Waals surface area contributed by atoms with Gasteiger partial charge in [-0.1, -0.05) is 25.4 Å². The van der Waals surface area contributed by atoms with E-state index in [1.165, 1.54) is 15.7 Å². The molecule has 0 radical (unpaired) electrons. The Balaban J connectivity index is 2.01. The van der Waals surface area contributed by atoms with Crippen molar-refractivity contribution >= 4 is 33.4 Å². The summed E-state index contributed by atoms with van der Waals surface area (Å²) in [6, 6.07) is 3.04. The third-order valence-electron chi connectivity index (χ3n) is 5.30. The minimum absolute atomic E-state index is 0.176.